The van der Waals surface area contributed by atoms with Crippen molar-refractivity contribution in [2.45, 2.75) is 4.90 Å². The highest BCUT2D eigenvalue weighted by Crippen LogP contribution is 2.29. The van der Waals surface area contributed by atoms with Crippen LogP contribution in [0.25, 0.3) is 0 Å². The van der Waals surface area contributed by atoms with Crippen LogP contribution in [0.3, 0.4) is 0 Å². The number of anilines is 1. The summed E-state index contributed by atoms with van der Waals surface area (Å²) in [6, 6.07) is 6.66. The third kappa shape index (κ3) is 0.867. The topological polar surface area (TPSA) is 46.2 Å². The zero-order valence-corrected chi connectivity index (χ0v) is 7.58. The molecule has 0 saturated heterocycles. The quantitative estimate of drug-likeness (QED) is 0.503. The lowest BCUT2D eigenvalue weighted by atomic mass is 10.3. The number of rotatable bonds is 0. The largest absolute Gasteiger partial charge is 0.336 e. The van der Waals surface area contributed by atoms with E-state index in [1.807, 2.05) is 0 Å². The van der Waals surface area contributed by atoms with E-state index in [2.05, 4.69) is 17.5 Å². The van der Waals surface area contributed by atoms with Gasteiger partial charge in [0.1, 0.15) is 0 Å². The van der Waals surface area contributed by atoms with Crippen molar-refractivity contribution in [3.8, 4) is 0 Å². The van der Waals surface area contributed by atoms with Crippen LogP contribution in [0.2, 0.25) is 0 Å². The van der Waals surface area contributed by atoms with Gasteiger partial charge in [0.05, 0.1) is 10.6 Å². The van der Waals surface area contributed by atoms with Crippen LogP contribution in [0.4, 0.5) is 5.69 Å². The Balaban J connectivity index is 2.80. The summed E-state index contributed by atoms with van der Waals surface area (Å²) in [7, 11) is -3.36. The third-order valence-corrected chi connectivity index (χ3v) is 3.94. The van der Waals surface area contributed by atoms with Crippen LogP contribution >= 0.6 is 12.2 Å². The molecule has 0 atom stereocenters. The fourth-order valence-electron chi connectivity index (χ4n) is 1.08. The molecular formula is C7H5NO2S2. The molecule has 0 fully saturated rings. The molecule has 0 aliphatic carbocycles. The first-order chi connectivity index (χ1) is 5.62. The summed E-state index contributed by atoms with van der Waals surface area (Å²) in [6.07, 6.45) is 0. The highest BCUT2D eigenvalue weighted by atomic mass is 32.2. The van der Waals surface area contributed by atoms with Gasteiger partial charge in [-0.3, -0.25) is 0 Å². The van der Waals surface area contributed by atoms with Crippen LogP contribution in [0.15, 0.2) is 29.2 Å². The molecule has 1 heterocycles. The van der Waals surface area contributed by atoms with E-state index in [0.717, 1.165) is 0 Å². The Morgan fingerprint density at radius 1 is 1.25 bits per heavy atom. The van der Waals surface area contributed by atoms with E-state index in [4.69, 9.17) is 0 Å². The molecule has 5 heteroatoms. The molecule has 0 amide bonds. The number of benzene rings is 1. The van der Waals surface area contributed by atoms with Gasteiger partial charge in [0.25, 0.3) is 0 Å². The van der Waals surface area contributed by atoms with Gasteiger partial charge >= 0.3 is 0 Å². The molecule has 1 aliphatic rings. The maximum Gasteiger partial charge on any atom is 0.234 e. The maximum atomic E-state index is 11.4. The Bertz CT molecular complexity index is 450. The fraction of sp³-hybridized carbons (Fsp3) is 0. The van der Waals surface area contributed by atoms with E-state index >= 15 is 0 Å². The third-order valence-electron chi connectivity index (χ3n) is 1.66. The predicted octanol–water partition coefficient (Wildman–Crippen LogP) is 1.17. The Hall–Kier alpha value is -0.940. The van der Waals surface area contributed by atoms with Crippen LogP contribution < -0.4 is 5.32 Å². The van der Waals surface area contributed by atoms with Crippen molar-refractivity contribution in [2.24, 2.45) is 0 Å². The summed E-state index contributed by atoms with van der Waals surface area (Å²) in [5.41, 5.74) is 0.572. The lowest BCUT2D eigenvalue weighted by Crippen LogP contribution is -2.11. The van der Waals surface area contributed by atoms with Gasteiger partial charge in [-0.25, -0.2) is 8.42 Å². The average Bonchev–Trinajstić information content (AvgIpc) is 2.25. The van der Waals surface area contributed by atoms with Crippen molar-refractivity contribution in [3.05, 3.63) is 24.3 Å². The highest BCUT2D eigenvalue weighted by Gasteiger charge is 2.30. The van der Waals surface area contributed by atoms with Gasteiger partial charge in [-0.2, -0.15) is 0 Å². The molecule has 0 radical (unpaired) electrons. The highest BCUT2D eigenvalue weighted by molar-refractivity contribution is 8.18. The molecule has 2 rings (SSSR count). The van der Waals surface area contributed by atoms with Gasteiger partial charge in [0.15, 0.2) is 0 Å². The summed E-state index contributed by atoms with van der Waals surface area (Å²) < 4.78 is 22.7. The smallest absolute Gasteiger partial charge is 0.234 e. The summed E-state index contributed by atoms with van der Waals surface area (Å²) >= 11 is 4.66. The van der Waals surface area contributed by atoms with Crippen molar-refractivity contribution >= 4 is 32.1 Å². The van der Waals surface area contributed by atoms with Crippen LogP contribution in [-0.4, -0.2) is 12.7 Å². The molecule has 0 bridgehead atoms. The summed E-state index contributed by atoms with van der Waals surface area (Å²) in [5.74, 6) is 0. The molecule has 1 aliphatic heterocycles. The SMILES string of the molecule is O=S1(=O)C(=S)Nc2ccccc21. The van der Waals surface area contributed by atoms with Crippen LogP contribution in [0.5, 0.6) is 0 Å². The molecular weight excluding hydrogens is 194 g/mol. The zero-order valence-electron chi connectivity index (χ0n) is 5.94. The number of para-hydroxylation sites is 1. The van der Waals surface area contributed by atoms with Crippen molar-refractivity contribution in [1.82, 2.24) is 0 Å². The molecule has 1 aromatic rings. The molecule has 12 heavy (non-hydrogen) atoms. The van der Waals surface area contributed by atoms with Crippen molar-refractivity contribution < 1.29 is 8.42 Å². The van der Waals surface area contributed by atoms with E-state index < -0.39 is 9.84 Å². The summed E-state index contributed by atoms with van der Waals surface area (Å²) in [4.78, 5) is 0.273. The van der Waals surface area contributed by atoms with Crippen molar-refractivity contribution in [1.29, 1.82) is 0 Å². The predicted molar refractivity (Wildman–Crippen MR) is 49.8 cm³/mol. The minimum absolute atomic E-state index is 0.108. The number of fused-ring (bicyclic) bond motifs is 1. The van der Waals surface area contributed by atoms with Gasteiger partial charge in [0.2, 0.25) is 14.2 Å². The minimum Gasteiger partial charge on any atom is -0.336 e. The fourth-order valence-corrected chi connectivity index (χ4v) is 2.57. The van der Waals surface area contributed by atoms with Gasteiger partial charge in [0, 0.05) is 0 Å². The molecule has 0 aromatic heterocycles. The second-order valence-electron chi connectivity index (χ2n) is 2.41. The first-order valence-corrected chi connectivity index (χ1v) is 5.16. The Morgan fingerprint density at radius 2 is 1.92 bits per heavy atom. The molecule has 62 valence electrons. The van der Waals surface area contributed by atoms with Gasteiger partial charge in [-0.05, 0) is 24.4 Å². The van der Waals surface area contributed by atoms with Gasteiger partial charge in [-0.1, -0.05) is 12.1 Å². The molecule has 1 N–H and O–H groups in total. The molecule has 1 aromatic carbocycles. The first kappa shape index (κ1) is 7.70. The zero-order chi connectivity index (χ0) is 8.77. The number of nitrogens with one attached hydrogen (secondary N) is 1. The lowest BCUT2D eigenvalue weighted by molar-refractivity contribution is 0.609. The van der Waals surface area contributed by atoms with E-state index in [1.54, 1.807) is 18.2 Å². The van der Waals surface area contributed by atoms with E-state index in [-0.39, 0.29) is 9.22 Å². The van der Waals surface area contributed by atoms with E-state index in [1.165, 1.54) is 6.07 Å². The summed E-state index contributed by atoms with van der Waals surface area (Å²) in [6.45, 7) is 0. The second kappa shape index (κ2) is 2.27. The molecule has 0 saturated carbocycles. The molecule has 3 nitrogen and oxygen atoms in total. The average molecular weight is 199 g/mol. The van der Waals surface area contributed by atoms with Crippen LogP contribution in [-0.2, 0) is 9.84 Å². The number of hydrogen-bond acceptors (Lipinski definition) is 3. The van der Waals surface area contributed by atoms with Crippen LogP contribution in [0, 0.1) is 0 Å². The number of thiocarbonyl (C=S) groups is 1. The van der Waals surface area contributed by atoms with Crippen molar-refractivity contribution in [3.63, 3.8) is 0 Å². The Morgan fingerprint density at radius 3 is 2.58 bits per heavy atom. The monoisotopic (exact) mass is 199 g/mol. The first-order valence-electron chi connectivity index (χ1n) is 3.27. The maximum absolute atomic E-state index is 11.4. The molecule has 0 unspecified atom stereocenters. The standard InChI is InChI=1S/C7H5NO2S2/c9-12(10)6-4-2-1-3-5(6)8-7(12)11/h1-4H,(H,8,11). The van der Waals surface area contributed by atoms with Crippen molar-refractivity contribution in [2.75, 3.05) is 5.32 Å². The van der Waals surface area contributed by atoms with Crippen LogP contribution in [0.1, 0.15) is 0 Å². The minimum atomic E-state index is -3.36. The number of hydrogen-bond donors (Lipinski definition) is 1. The summed E-state index contributed by atoms with van der Waals surface area (Å²) in [5, 5.41) is 2.63. The number of sulfone groups is 1. The molecule has 0 spiro atoms. The van der Waals surface area contributed by atoms with Gasteiger partial charge < -0.3 is 5.32 Å². The van der Waals surface area contributed by atoms with Gasteiger partial charge in [-0.15, -0.1) is 0 Å². The van der Waals surface area contributed by atoms with E-state index in [0.29, 0.717) is 5.69 Å². The Kier molecular flexibility index (Phi) is 1.46. The Labute approximate surface area is 75.3 Å². The van der Waals surface area contributed by atoms with E-state index in [9.17, 15) is 8.42 Å². The lowest BCUT2D eigenvalue weighted by Gasteiger charge is -1.91. The normalized spacial score (nSPS) is 18.5. The second-order valence-corrected chi connectivity index (χ2v) is 4.93.